The molecule has 1 unspecified atom stereocenters. The van der Waals surface area contributed by atoms with Gasteiger partial charge < -0.3 is 15.7 Å². The molecular formula is C14H28N2O3. The Kier molecular flexibility index (Phi) is 6.87. The molecule has 0 radical (unpaired) electrons. The number of carbonyl (C=O) groups is 2. The van der Waals surface area contributed by atoms with Crippen LogP contribution in [0.3, 0.4) is 0 Å². The number of carbonyl (C=O) groups excluding carboxylic acids is 1. The van der Waals surface area contributed by atoms with Gasteiger partial charge in [-0.05, 0) is 17.3 Å². The Morgan fingerprint density at radius 3 is 2.05 bits per heavy atom. The van der Waals surface area contributed by atoms with Crippen LogP contribution in [-0.4, -0.2) is 29.7 Å². The van der Waals surface area contributed by atoms with Gasteiger partial charge in [-0.1, -0.05) is 41.5 Å². The Hall–Kier alpha value is -1.26. The van der Waals surface area contributed by atoms with E-state index in [9.17, 15) is 9.59 Å². The first kappa shape index (κ1) is 17.7. The molecular weight excluding hydrogens is 244 g/mol. The molecule has 0 rings (SSSR count). The summed E-state index contributed by atoms with van der Waals surface area (Å²) in [6, 6.07) is -0.645. The SMILES string of the molecule is CC(C)C(CC(=O)O)NC(=O)NCC(C)(C)C(C)C. The van der Waals surface area contributed by atoms with E-state index < -0.39 is 5.97 Å². The van der Waals surface area contributed by atoms with Crippen LogP contribution in [0.5, 0.6) is 0 Å². The van der Waals surface area contributed by atoms with Crippen LogP contribution in [-0.2, 0) is 4.79 Å². The molecule has 5 heteroatoms. The Morgan fingerprint density at radius 2 is 1.68 bits per heavy atom. The van der Waals surface area contributed by atoms with Crippen molar-refractivity contribution in [2.75, 3.05) is 6.54 Å². The molecule has 2 amide bonds. The zero-order valence-corrected chi connectivity index (χ0v) is 12.9. The zero-order valence-electron chi connectivity index (χ0n) is 12.9. The minimum absolute atomic E-state index is 0.0114. The van der Waals surface area contributed by atoms with E-state index in [0.717, 1.165) is 0 Å². The first-order valence-corrected chi connectivity index (χ1v) is 6.82. The van der Waals surface area contributed by atoms with Gasteiger partial charge in [0, 0.05) is 12.6 Å². The molecule has 1 atom stereocenters. The van der Waals surface area contributed by atoms with Crippen molar-refractivity contribution in [1.29, 1.82) is 0 Å². The fourth-order valence-corrected chi connectivity index (χ4v) is 1.37. The van der Waals surface area contributed by atoms with E-state index in [1.807, 2.05) is 13.8 Å². The van der Waals surface area contributed by atoms with Crippen LogP contribution in [0, 0.1) is 17.3 Å². The van der Waals surface area contributed by atoms with Gasteiger partial charge in [0.25, 0.3) is 0 Å². The van der Waals surface area contributed by atoms with Crippen molar-refractivity contribution in [1.82, 2.24) is 10.6 Å². The molecule has 0 aliphatic rings. The predicted molar refractivity (Wildman–Crippen MR) is 76.0 cm³/mol. The lowest BCUT2D eigenvalue weighted by Crippen LogP contribution is -2.48. The summed E-state index contributed by atoms with van der Waals surface area (Å²) in [4.78, 5) is 22.5. The van der Waals surface area contributed by atoms with E-state index in [0.29, 0.717) is 12.5 Å². The van der Waals surface area contributed by atoms with Gasteiger partial charge in [0.1, 0.15) is 0 Å². The summed E-state index contributed by atoms with van der Waals surface area (Å²) < 4.78 is 0. The third kappa shape index (κ3) is 7.03. The number of urea groups is 1. The number of carboxylic acids is 1. The van der Waals surface area contributed by atoms with Gasteiger partial charge in [-0.25, -0.2) is 4.79 Å². The number of carboxylic acid groups (broad SMARTS) is 1. The maximum Gasteiger partial charge on any atom is 0.315 e. The van der Waals surface area contributed by atoms with E-state index in [4.69, 9.17) is 5.11 Å². The van der Waals surface area contributed by atoms with Crippen molar-refractivity contribution in [3.63, 3.8) is 0 Å². The van der Waals surface area contributed by atoms with E-state index in [1.54, 1.807) is 0 Å². The fraction of sp³-hybridized carbons (Fsp3) is 0.857. The van der Waals surface area contributed by atoms with Crippen LogP contribution in [0.25, 0.3) is 0 Å². The van der Waals surface area contributed by atoms with E-state index in [2.05, 4.69) is 38.3 Å². The first-order valence-electron chi connectivity index (χ1n) is 6.82. The molecule has 0 bridgehead atoms. The summed E-state index contributed by atoms with van der Waals surface area (Å²) in [6.45, 7) is 12.8. The van der Waals surface area contributed by atoms with Crippen molar-refractivity contribution >= 4 is 12.0 Å². The summed E-state index contributed by atoms with van der Waals surface area (Å²) in [5.41, 5.74) is 0.0114. The Labute approximate surface area is 116 Å². The van der Waals surface area contributed by atoms with Gasteiger partial charge >= 0.3 is 12.0 Å². The highest BCUT2D eigenvalue weighted by atomic mass is 16.4. The quantitative estimate of drug-likeness (QED) is 0.666. The van der Waals surface area contributed by atoms with Gasteiger partial charge in [0.15, 0.2) is 0 Å². The fourth-order valence-electron chi connectivity index (χ4n) is 1.37. The highest BCUT2D eigenvalue weighted by Crippen LogP contribution is 2.24. The van der Waals surface area contributed by atoms with Crippen molar-refractivity contribution < 1.29 is 14.7 Å². The van der Waals surface area contributed by atoms with E-state index >= 15 is 0 Å². The van der Waals surface area contributed by atoms with Gasteiger partial charge in [0.05, 0.1) is 6.42 Å². The van der Waals surface area contributed by atoms with Crippen molar-refractivity contribution in [3.05, 3.63) is 0 Å². The number of amides is 2. The van der Waals surface area contributed by atoms with Crippen molar-refractivity contribution in [2.24, 2.45) is 17.3 Å². The van der Waals surface area contributed by atoms with Crippen LogP contribution in [0.4, 0.5) is 4.79 Å². The molecule has 0 fully saturated rings. The molecule has 0 aliphatic heterocycles. The minimum atomic E-state index is -0.901. The number of hydrogen-bond donors (Lipinski definition) is 3. The van der Waals surface area contributed by atoms with Crippen LogP contribution in [0.1, 0.15) is 48.0 Å². The lowest BCUT2D eigenvalue weighted by Gasteiger charge is -2.30. The molecule has 0 aromatic rings. The van der Waals surface area contributed by atoms with Crippen LogP contribution >= 0.6 is 0 Å². The van der Waals surface area contributed by atoms with Crippen molar-refractivity contribution in [2.45, 2.75) is 54.0 Å². The maximum absolute atomic E-state index is 11.8. The van der Waals surface area contributed by atoms with E-state index in [1.165, 1.54) is 0 Å². The summed E-state index contributed by atoms with van der Waals surface area (Å²) in [7, 11) is 0. The van der Waals surface area contributed by atoms with Gasteiger partial charge in [-0.2, -0.15) is 0 Å². The van der Waals surface area contributed by atoms with Crippen molar-refractivity contribution in [3.8, 4) is 0 Å². The lowest BCUT2D eigenvalue weighted by atomic mass is 9.81. The average Bonchev–Trinajstić information content (AvgIpc) is 2.24. The standard InChI is InChI=1S/C14H28N2O3/c1-9(2)11(7-12(17)18)16-13(19)15-8-14(5,6)10(3)4/h9-11H,7-8H2,1-6H3,(H,17,18)(H2,15,16,19). The van der Waals surface area contributed by atoms with Crippen LogP contribution in [0.15, 0.2) is 0 Å². The Bertz CT molecular complexity index is 312. The highest BCUT2D eigenvalue weighted by molar-refractivity contribution is 5.75. The van der Waals surface area contributed by atoms with E-state index in [-0.39, 0.29) is 29.8 Å². The molecule has 0 heterocycles. The molecule has 112 valence electrons. The second kappa shape index (κ2) is 7.36. The van der Waals surface area contributed by atoms with Gasteiger partial charge in [-0.15, -0.1) is 0 Å². The normalized spacial score (nSPS) is 13.5. The van der Waals surface area contributed by atoms with Gasteiger partial charge in [-0.3, -0.25) is 4.79 Å². The largest absolute Gasteiger partial charge is 0.481 e. The first-order chi connectivity index (χ1) is 8.56. The molecule has 0 saturated heterocycles. The molecule has 19 heavy (non-hydrogen) atoms. The topological polar surface area (TPSA) is 78.4 Å². The second-order valence-electron chi connectivity index (χ2n) is 6.42. The van der Waals surface area contributed by atoms with Gasteiger partial charge in [0.2, 0.25) is 0 Å². The van der Waals surface area contributed by atoms with Crippen LogP contribution < -0.4 is 10.6 Å². The second-order valence-corrected chi connectivity index (χ2v) is 6.42. The molecule has 0 aliphatic carbocycles. The minimum Gasteiger partial charge on any atom is -0.481 e. The summed E-state index contributed by atoms with van der Waals surface area (Å²) in [6.07, 6.45) is -0.0569. The molecule has 0 aromatic heterocycles. The zero-order chi connectivity index (χ0) is 15.2. The lowest BCUT2D eigenvalue weighted by molar-refractivity contribution is -0.137. The third-order valence-electron chi connectivity index (χ3n) is 3.78. The summed E-state index contributed by atoms with van der Waals surface area (Å²) >= 11 is 0. The summed E-state index contributed by atoms with van der Waals surface area (Å²) in [5.74, 6) is -0.366. The average molecular weight is 272 g/mol. The summed E-state index contributed by atoms with van der Waals surface area (Å²) in [5, 5.41) is 14.4. The number of nitrogens with one attached hydrogen (secondary N) is 2. The monoisotopic (exact) mass is 272 g/mol. The van der Waals surface area contributed by atoms with Crippen LogP contribution in [0.2, 0.25) is 0 Å². The predicted octanol–water partition coefficient (Wildman–Crippen LogP) is 2.47. The number of aliphatic carboxylic acids is 1. The number of rotatable bonds is 7. The molecule has 0 aromatic carbocycles. The maximum atomic E-state index is 11.8. The molecule has 0 saturated carbocycles. The Balaban J connectivity index is 4.32. The Morgan fingerprint density at radius 1 is 1.16 bits per heavy atom. The highest BCUT2D eigenvalue weighted by Gasteiger charge is 2.24. The third-order valence-corrected chi connectivity index (χ3v) is 3.78. The molecule has 5 nitrogen and oxygen atoms in total. The smallest absolute Gasteiger partial charge is 0.315 e. The number of hydrogen-bond acceptors (Lipinski definition) is 2. The molecule has 3 N–H and O–H groups in total. The molecule has 0 spiro atoms.